The molecular formula is C18H28N2O6. The molecule has 0 spiro atoms. The molecule has 0 aliphatic heterocycles. The van der Waals surface area contributed by atoms with Crippen molar-refractivity contribution in [2.24, 2.45) is 0 Å². The quantitative estimate of drug-likeness (QED) is 0.290. The van der Waals surface area contributed by atoms with Gasteiger partial charge in [-0.3, -0.25) is 0 Å². The highest BCUT2D eigenvalue weighted by Gasteiger charge is 2.30. The first kappa shape index (κ1) is 23.4. The first-order valence-corrected chi connectivity index (χ1v) is 8.36. The number of esters is 2. The molecule has 0 fully saturated rings. The van der Waals surface area contributed by atoms with E-state index in [4.69, 9.17) is 9.47 Å². The molecule has 0 saturated heterocycles. The summed E-state index contributed by atoms with van der Waals surface area (Å²) in [4.78, 5) is 45.4. The van der Waals surface area contributed by atoms with E-state index in [1.54, 1.807) is 13.8 Å². The van der Waals surface area contributed by atoms with Crippen LogP contribution in [0.25, 0.3) is 0 Å². The molecule has 146 valence electrons. The van der Waals surface area contributed by atoms with Crippen molar-refractivity contribution < 1.29 is 28.7 Å². The number of urea groups is 1. The molecule has 0 aliphatic rings. The van der Waals surface area contributed by atoms with Gasteiger partial charge in [-0.2, -0.15) is 0 Å². The van der Waals surface area contributed by atoms with Gasteiger partial charge in [-0.15, -0.1) is 0 Å². The molecule has 0 bridgehead atoms. The predicted octanol–water partition coefficient (Wildman–Crippen LogP) is 1.65. The fourth-order valence-electron chi connectivity index (χ4n) is 1.89. The standard InChI is InChI=1S/C18H28N2O6/c1-5-15(22)25-12-18(4,13-26-16(23)6-2)20-17(24)19-11-9-7-8-10-14(3)21/h5-6H,1-2,7-13H2,3-4H3,(H2,19,20,24). The van der Waals surface area contributed by atoms with Crippen LogP contribution in [0, 0.1) is 0 Å². The van der Waals surface area contributed by atoms with E-state index in [1.165, 1.54) is 0 Å². The Morgan fingerprint density at radius 3 is 1.96 bits per heavy atom. The van der Waals surface area contributed by atoms with Crippen molar-refractivity contribution in [2.45, 2.75) is 45.1 Å². The molecule has 2 amide bonds. The summed E-state index contributed by atoms with van der Waals surface area (Å²) in [5.41, 5.74) is -1.12. The number of carbonyl (C=O) groups excluding carboxylic acids is 4. The number of carbonyl (C=O) groups is 4. The van der Waals surface area contributed by atoms with Crippen LogP contribution in [0.5, 0.6) is 0 Å². The zero-order chi connectivity index (χ0) is 20.0. The van der Waals surface area contributed by atoms with E-state index in [0.29, 0.717) is 13.0 Å². The number of ketones is 1. The third-order valence-corrected chi connectivity index (χ3v) is 3.31. The van der Waals surface area contributed by atoms with Gasteiger partial charge < -0.3 is 24.9 Å². The first-order chi connectivity index (χ1) is 12.2. The van der Waals surface area contributed by atoms with Crippen molar-refractivity contribution in [3.63, 3.8) is 0 Å². The normalized spacial score (nSPS) is 10.4. The minimum Gasteiger partial charge on any atom is -0.460 e. The molecule has 0 rings (SSSR count). The van der Waals surface area contributed by atoms with Crippen molar-refractivity contribution >= 4 is 23.8 Å². The minimum atomic E-state index is -1.12. The van der Waals surface area contributed by atoms with Crippen LogP contribution in [0.4, 0.5) is 4.79 Å². The van der Waals surface area contributed by atoms with E-state index in [-0.39, 0.29) is 19.0 Å². The predicted molar refractivity (Wildman–Crippen MR) is 96.4 cm³/mol. The van der Waals surface area contributed by atoms with Gasteiger partial charge in [0, 0.05) is 25.1 Å². The monoisotopic (exact) mass is 368 g/mol. The summed E-state index contributed by atoms with van der Waals surface area (Å²) in [6, 6.07) is -0.483. The van der Waals surface area contributed by atoms with Gasteiger partial charge in [0.05, 0.1) is 0 Å². The number of ether oxygens (including phenoxy) is 2. The third kappa shape index (κ3) is 11.8. The molecule has 0 saturated carbocycles. The van der Waals surface area contributed by atoms with E-state index in [9.17, 15) is 19.2 Å². The maximum absolute atomic E-state index is 12.0. The molecule has 0 aliphatic carbocycles. The highest BCUT2D eigenvalue weighted by atomic mass is 16.5. The van der Waals surface area contributed by atoms with Crippen LogP contribution in [0.3, 0.4) is 0 Å². The lowest BCUT2D eigenvalue weighted by atomic mass is 10.1. The molecule has 26 heavy (non-hydrogen) atoms. The lowest BCUT2D eigenvalue weighted by Gasteiger charge is -2.29. The topological polar surface area (TPSA) is 111 Å². The second-order valence-electron chi connectivity index (χ2n) is 6.08. The molecule has 8 heteroatoms. The van der Waals surface area contributed by atoms with Crippen LogP contribution in [0.1, 0.15) is 39.5 Å². The van der Waals surface area contributed by atoms with Gasteiger partial charge >= 0.3 is 18.0 Å². The molecular weight excluding hydrogens is 340 g/mol. The van der Waals surface area contributed by atoms with Gasteiger partial charge in [-0.05, 0) is 26.7 Å². The largest absolute Gasteiger partial charge is 0.460 e. The molecule has 0 radical (unpaired) electrons. The van der Waals surface area contributed by atoms with Gasteiger partial charge in [0.15, 0.2) is 0 Å². The molecule has 8 nitrogen and oxygen atoms in total. The number of hydrogen-bond acceptors (Lipinski definition) is 6. The molecule has 0 aromatic rings. The van der Waals surface area contributed by atoms with Gasteiger partial charge in [0.2, 0.25) is 0 Å². The van der Waals surface area contributed by atoms with Crippen molar-refractivity contribution in [3.8, 4) is 0 Å². The third-order valence-electron chi connectivity index (χ3n) is 3.31. The number of rotatable bonds is 13. The molecule has 2 N–H and O–H groups in total. The Balaban J connectivity index is 4.43. The maximum atomic E-state index is 12.0. The lowest BCUT2D eigenvalue weighted by Crippen LogP contribution is -2.56. The van der Waals surface area contributed by atoms with E-state index in [0.717, 1.165) is 31.4 Å². The number of unbranched alkanes of at least 4 members (excludes halogenated alkanes) is 2. The lowest BCUT2D eigenvalue weighted by molar-refractivity contribution is -0.144. The summed E-state index contributed by atoms with van der Waals surface area (Å²) in [6.07, 6.45) is 4.87. The molecule has 0 aromatic carbocycles. The van der Waals surface area contributed by atoms with E-state index in [1.807, 2.05) is 0 Å². The van der Waals surface area contributed by atoms with Crippen molar-refractivity contribution in [1.82, 2.24) is 10.6 Å². The van der Waals surface area contributed by atoms with E-state index >= 15 is 0 Å². The highest BCUT2D eigenvalue weighted by Crippen LogP contribution is 2.07. The van der Waals surface area contributed by atoms with Crippen LogP contribution in [-0.4, -0.2) is 49.1 Å². The number of nitrogens with one attached hydrogen (secondary N) is 2. The Morgan fingerprint density at radius 2 is 1.50 bits per heavy atom. The minimum absolute atomic E-state index is 0.148. The SMILES string of the molecule is C=CC(=O)OCC(C)(COC(=O)C=C)NC(=O)NCCCCCC(C)=O. The molecule has 0 heterocycles. The highest BCUT2D eigenvalue weighted by molar-refractivity contribution is 5.82. The van der Waals surface area contributed by atoms with Crippen molar-refractivity contribution in [1.29, 1.82) is 0 Å². The average Bonchev–Trinajstić information content (AvgIpc) is 2.60. The summed E-state index contributed by atoms with van der Waals surface area (Å²) in [7, 11) is 0. The van der Waals surface area contributed by atoms with Crippen LogP contribution in [0.2, 0.25) is 0 Å². The summed E-state index contributed by atoms with van der Waals surface area (Å²) in [5.74, 6) is -1.16. The smallest absolute Gasteiger partial charge is 0.330 e. The van der Waals surface area contributed by atoms with Gasteiger partial charge in [-0.1, -0.05) is 19.6 Å². The second kappa shape index (κ2) is 12.7. The fourth-order valence-corrected chi connectivity index (χ4v) is 1.89. The fraction of sp³-hybridized carbons (Fsp3) is 0.556. The van der Waals surface area contributed by atoms with E-state index in [2.05, 4.69) is 23.8 Å². The summed E-state index contributed by atoms with van der Waals surface area (Å²) in [6.45, 7) is 9.73. The first-order valence-electron chi connectivity index (χ1n) is 8.36. The number of amides is 2. The van der Waals surface area contributed by atoms with Crippen molar-refractivity contribution in [2.75, 3.05) is 19.8 Å². The maximum Gasteiger partial charge on any atom is 0.330 e. The number of hydrogen-bond donors (Lipinski definition) is 2. The molecule has 0 atom stereocenters. The summed E-state index contributed by atoms with van der Waals surface area (Å²) >= 11 is 0. The van der Waals surface area contributed by atoms with Crippen LogP contribution in [-0.2, 0) is 23.9 Å². The van der Waals surface area contributed by atoms with Crippen LogP contribution < -0.4 is 10.6 Å². The Kier molecular flexibility index (Phi) is 11.4. The van der Waals surface area contributed by atoms with Gasteiger partial charge in [0.1, 0.15) is 24.5 Å². The Labute approximate surface area is 154 Å². The Bertz CT molecular complexity index is 506. The summed E-state index contributed by atoms with van der Waals surface area (Å²) in [5, 5.41) is 5.31. The number of Topliss-reactive ketones (excluding diaryl/α,β-unsaturated/α-hetero) is 1. The van der Waals surface area contributed by atoms with Gasteiger partial charge in [-0.25, -0.2) is 14.4 Å². The van der Waals surface area contributed by atoms with E-state index < -0.39 is 23.5 Å². The Morgan fingerprint density at radius 1 is 0.962 bits per heavy atom. The second-order valence-corrected chi connectivity index (χ2v) is 6.08. The Hall–Kier alpha value is -2.64. The van der Waals surface area contributed by atoms with Crippen molar-refractivity contribution in [3.05, 3.63) is 25.3 Å². The van der Waals surface area contributed by atoms with Gasteiger partial charge in [0.25, 0.3) is 0 Å². The average molecular weight is 368 g/mol. The molecule has 0 unspecified atom stereocenters. The molecule has 0 aromatic heterocycles. The van der Waals surface area contributed by atoms with Crippen LogP contribution >= 0.6 is 0 Å². The summed E-state index contributed by atoms with van der Waals surface area (Å²) < 4.78 is 9.91. The van der Waals surface area contributed by atoms with Crippen LogP contribution in [0.15, 0.2) is 25.3 Å². The zero-order valence-electron chi connectivity index (χ0n) is 15.5. The zero-order valence-corrected chi connectivity index (χ0v) is 15.5.